The Bertz CT molecular complexity index is 452. The van der Waals surface area contributed by atoms with Crippen molar-refractivity contribution in [3.63, 3.8) is 0 Å². The Morgan fingerprint density at radius 3 is 2.72 bits per heavy atom. The van der Waals surface area contributed by atoms with Gasteiger partial charge in [0, 0.05) is 38.2 Å². The van der Waals surface area contributed by atoms with Crippen molar-refractivity contribution in [2.24, 2.45) is 11.3 Å². The Morgan fingerprint density at radius 1 is 1.12 bits per heavy atom. The molecule has 3 aliphatic heterocycles. The van der Waals surface area contributed by atoms with Crippen molar-refractivity contribution in [2.75, 3.05) is 39.4 Å². The van der Waals surface area contributed by atoms with Crippen LogP contribution in [-0.4, -0.2) is 68.6 Å². The lowest BCUT2D eigenvalue weighted by Gasteiger charge is -2.40. The minimum Gasteiger partial charge on any atom is -0.377 e. The maximum atomic E-state index is 12.2. The molecule has 0 spiro atoms. The third-order valence-corrected chi connectivity index (χ3v) is 5.77. The first kappa shape index (κ1) is 18.9. The average Bonchev–Trinajstić information content (AvgIpc) is 3.05. The predicted octanol–water partition coefficient (Wildman–Crippen LogP) is 1.99. The largest absolute Gasteiger partial charge is 0.377 e. The molecule has 0 bridgehead atoms. The van der Waals surface area contributed by atoms with Gasteiger partial charge in [-0.05, 0) is 37.6 Å². The Labute approximate surface area is 152 Å². The fraction of sp³-hybridized carbons (Fsp3) is 0.947. The van der Waals surface area contributed by atoms with Gasteiger partial charge in [0.05, 0.1) is 18.8 Å². The first-order valence-electron chi connectivity index (χ1n) is 9.92. The first-order chi connectivity index (χ1) is 11.9. The molecule has 6 heteroatoms. The average molecular weight is 354 g/mol. The van der Waals surface area contributed by atoms with E-state index in [0.717, 1.165) is 32.6 Å². The van der Waals surface area contributed by atoms with Gasteiger partial charge in [-0.3, -0.25) is 4.90 Å². The number of nitrogens with zero attached hydrogens (tertiary/aromatic N) is 1. The summed E-state index contributed by atoms with van der Waals surface area (Å²) in [4.78, 5) is 14.7. The normalized spacial score (nSPS) is 33.7. The van der Waals surface area contributed by atoms with Gasteiger partial charge in [0.1, 0.15) is 0 Å². The molecule has 2 amide bonds. The first-order valence-corrected chi connectivity index (χ1v) is 9.92. The van der Waals surface area contributed by atoms with Crippen LogP contribution in [0.15, 0.2) is 0 Å². The van der Waals surface area contributed by atoms with Crippen LogP contribution in [0.5, 0.6) is 0 Å². The van der Waals surface area contributed by atoms with Gasteiger partial charge in [-0.25, -0.2) is 4.79 Å². The van der Waals surface area contributed by atoms with E-state index in [0.29, 0.717) is 25.0 Å². The van der Waals surface area contributed by atoms with Crippen molar-refractivity contribution >= 4 is 6.03 Å². The van der Waals surface area contributed by atoms with Crippen LogP contribution in [0.2, 0.25) is 0 Å². The number of fused-ring (bicyclic) bond motifs is 1. The van der Waals surface area contributed by atoms with Crippen LogP contribution in [-0.2, 0) is 9.47 Å². The second-order valence-electron chi connectivity index (χ2n) is 8.90. The molecule has 144 valence electrons. The number of amides is 2. The number of morpholine rings is 1. The van der Waals surface area contributed by atoms with Gasteiger partial charge in [0.25, 0.3) is 0 Å². The van der Waals surface area contributed by atoms with Crippen molar-refractivity contribution in [2.45, 2.75) is 64.7 Å². The van der Waals surface area contributed by atoms with E-state index < -0.39 is 0 Å². The van der Waals surface area contributed by atoms with Gasteiger partial charge in [-0.2, -0.15) is 0 Å². The molecule has 0 saturated carbocycles. The number of rotatable bonds is 4. The van der Waals surface area contributed by atoms with E-state index in [2.05, 4.69) is 36.3 Å². The summed E-state index contributed by atoms with van der Waals surface area (Å²) in [6.45, 7) is 11.6. The maximum absolute atomic E-state index is 12.2. The lowest BCUT2D eigenvalue weighted by molar-refractivity contribution is -0.0838. The zero-order valence-corrected chi connectivity index (χ0v) is 16.1. The topological polar surface area (TPSA) is 62.8 Å². The Hall–Kier alpha value is -0.850. The van der Waals surface area contributed by atoms with Crippen molar-refractivity contribution in [1.29, 1.82) is 0 Å². The van der Waals surface area contributed by atoms with Gasteiger partial charge in [-0.1, -0.05) is 20.8 Å². The van der Waals surface area contributed by atoms with E-state index >= 15 is 0 Å². The molecule has 3 rings (SSSR count). The second kappa shape index (κ2) is 8.23. The molecule has 0 radical (unpaired) electrons. The molecule has 4 unspecified atom stereocenters. The summed E-state index contributed by atoms with van der Waals surface area (Å²) < 4.78 is 11.9. The van der Waals surface area contributed by atoms with Gasteiger partial charge in [-0.15, -0.1) is 0 Å². The van der Waals surface area contributed by atoms with Crippen LogP contribution in [0.4, 0.5) is 4.79 Å². The van der Waals surface area contributed by atoms with E-state index in [1.807, 2.05) is 0 Å². The van der Waals surface area contributed by atoms with Crippen molar-refractivity contribution < 1.29 is 14.3 Å². The molecule has 25 heavy (non-hydrogen) atoms. The summed E-state index contributed by atoms with van der Waals surface area (Å²) in [6, 6.07) is 0.510. The molecule has 3 saturated heterocycles. The van der Waals surface area contributed by atoms with E-state index in [1.165, 1.54) is 19.4 Å². The lowest BCUT2D eigenvalue weighted by Crippen LogP contribution is -2.52. The van der Waals surface area contributed by atoms with E-state index in [4.69, 9.17) is 9.47 Å². The van der Waals surface area contributed by atoms with E-state index in [-0.39, 0.29) is 23.7 Å². The van der Waals surface area contributed by atoms with Crippen molar-refractivity contribution in [3.05, 3.63) is 0 Å². The van der Waals surface area contributed by atoms with Gasteiger partial charge >= 0.3 is 6.03 Å². The molecule has 2 N–H and O–H groups in total. The highest BCUT2D eigenvalue weighted by Crippen LogP contribution is 2.33. The Balaban J connectivity index is 1.37. The summed E-state index contributed by atoms with van der Waals surface area (Å²) in [5.74, 6) is 0.385. The van der Waals surface area contributed by atoms with Gasteiger partial charge < -0.3 is 20.1 Å². The highest BCUT2D eigenvalue weighted by molar-refractivity contribution is 5.73. The molecule has 3 heterocycles. The van der Waals surface area contributed by atoms with Crippen LogP contribution in [0.3, 0.4) is 0 Å². The molecule has 0 aliphatic carbocycles. The fourth-order valence-electron chi connectivity index (χ4n) is 4.51. The lowest BCUT2D eigenvalue weighted by atomic mass is 9.78. The summed E-state index contributed by atoms with van der Waals surface area (Å²) in [6.07, 6.45) is 5.03. The second-order valence-corrected chi connectivity index (χ2v) is 8.90. The predicted molar refractivity (Wildman–Crippen MR) is 97.7 cm³/mol. The fourth-order valence-corrected chi connectivity index (χ4v) is 4.51. The molecule has 6 nitrogen and oxygen atoms in total. The highest BCUT2D eigenvalue weighted by atomic mass is 16.5. The van der Waals surface area contributed by atoms with Crippen LogP contribution in [0.25, 0.3) is 0 Å². The summed E-state index contributed by atoms with van der Waals surface area (Å²) >= 11 is 0. The van der Waals surface area contributed by atoms with E-state index in [1.54, 1.807) is 0 Å². The maximum Gasteiger partial charge on any atom is 0.314 e. The molecule has 0 aromatic heterocycles. The minimum atomic E-state index is -0.0922. The summed E-state index contributed by atoms with van der Waals surface area (Å²) in [5.41, 5.74) is 0.103. The molecular weight excluding hydrogens is 318 g/mol. The summed E-state index contributed by atoms with van der Waals surface area (Å²) in [7, 11) is 0. The zero-order chi connectivity index (χ0) is 17.9. The van der Waals surface area contributed by atoms with Crippen LogP contribution >= 0.6 is 0 Å². The Kier molecular flexibility index (Phi) is 6.23. The number of carbonyl (C=O) groups excluding carboxylic acids is 1. The van der Waals surface area contributed by atoms with Crippen LogP contribution in [0.1, 0.15) is 46.5 Å². The molecule has 0 aromatic rings. The number of carbonyl (C=O) groups is 1. The van der Waals surface area contributed by atoms with Gasteiger partial charge in [0.2, 0.25) is 0 Å². The minimum absolute atomic E-state index is 0.0922. The van der Waals surface area contributed by atoms with Crippen molar-refractivity contribution in [1.82, 2.24) is 15.5 Å². The third-order valence-electron chi connectivity index (χ3n) is 5.77. The highest BCUT2D eigenvalue weighted by Gasteiger charge is 2.35. The summed E-state index contributed by atoms with van der Waals surface area (Å²) in [5, 5.41) is 6.02. The molecule has 0 aromatic carbocycles. The SMILES string of the molecule is CC(C)(C)C1OCCCC1CNC(=O)NCC1CN2CCCC2CO1. The number of nitrogens with one attached hydrogen (secondary N) is 2. The quantitative estimate of drug-likeness (QED) is 0.811. The Morgan fingerprint density at radius 2 is 1.92 bits per heavy atom. The molecule has 3 fully saturated rings. The van der Waals surface area contributed by atoms with Gasteiger partial charge in [0.15, 0.2) is 0 Å². The van der Waals surface area contributed by atoms with Crippen LogP contribution in [0, 0.1) is 11.3 Å². The number of hydrogen-bond donors (Lipinski definition) is 2. The number of hydrogen-bond acceptors (Lipinski definition) is 4. The monoisotopic (exact) mass is 353 g/mol. The molecule has 3 aliphatic rings. The van der Waals surface area contributed by atoms with Crippen molar-refractivity contribution in [3.8, 4) is 0 Å². The third kappa shape index (κ3) is 5.08. The zero-order valence-electron chi connectivity index (χ0n) is 16.1. The molecular formula is C19H35N3O3. The number of urea groups is 1. The number of ether oxygens (including phenoxy) is 2. The standard InChI is InChI=1S/C19H35N3O3/c1-19(2,3)17-14(6-5-9-24-17)10-20-18(23)21-11-16-12-22-8-4-7-15(22)13-25-16/h14-17H,4-13H2,1-3H3,(H2,20,21,23). The van der Waals surface area contributed by atoms with E-state index in [9.17, 15) is 4.79 Å². The van der Waals surface area contributed by atoms with Crippen LogP contribution < -0.4 is 10.6 Å². The molecule has 4 atom stereocenters. The smallest absolute Gasteiger partial charge is 0.314 e.